The molecule has 5 nitrogen and oxygen atoms in total. The summed E-state index contributed by atoms with van der Waals surface area (Å²) in [6, 6.07) is 5.33. The summed E-state index contributed by atoms with van der Waals surface area (Å²) in [6.45, 7) is 0.405. The number of H-pyrrole nitrogens is 1. The zero-order valence-electron chi connectivity index (χ0n) is 8.27. The van der Waals surface area contributed by atoms with Crippen molar-refractivity contribution in [1.29, 1.82) is 0 Å². The number of amides is 1. The zero-order chi connectivity index (χ0) is 11.4. The summed E-state index contributed by atoms with van der Waals surface area (Å²) in [5.41, 5.74) is 1.22. The Bertz CT molecular complexity index is 483. The Hall–Kier alpha value is -1.69. The lowest BCUT2D eigenvalue weighted by Gasteiger charge is -2.04. The van der Waals surface area contributed by atoms with E-state index in [2.05, 4.69) is 36.4 Å². The van der Waals surface area contributed by atoms with Gasteiger partial charge in [-0.15, -0.1) is 0 Å². The van der Waals surface area contributed by atoms with Gasteiger partial charge in [-0.2, -0.15) is 5.10 Å². The van der Waals surface area contributed by atoms with Gasteiger partial charge in [-0.3, -0.25) is 9.89 Å². The molecule has 0 unspecified atom stereocenters. The molecule has 0 radical (unpaired) electrons. The summed E-state index contributed by atoms with van der Waals surface area (Å²) in [7, 11) is 0. The zero-order valence-corrected chi connectivity index (χ0v) is 9.86. The average Bonchev–Trinajstić information content (AvgIpc) is 2.79. The molecule has 2 aromatic heterocycles. The molecule has 0 fully saturated rings. The van der Waals surface area contributed by atoms with Gasteiger partial charge in [-0.25, -0.2) is 4.98 Å². The molecule has 16 heavy (non-hydrogen) atoms. The van der Waals surface area contributed by atoms with Crippen molar-refractivity contribution < 1.29 is 4.79 Å². The minimum absolute atomic E-state index is 0.220. The van der Waals surface area contributed by atoms with E-state index in [0.29, 0.717) is 16.7 Å². The highest BCUT2D eigenvalue weighted by molar-refractivity contribution is 9.10. The molecule has 0 bridgehead atoms. The lowest BCUT2D eigenvalue weighted by molar-refractivity contribution is 0.0944. The number of nitrogens with zero attached hydrogens (tertiary/aromatic N) is 2. The second kappa shape index (κ2) is 4.89. The van der Waals surface area contributed by atoms with Gasteiger partial charge in [0.2, 0.25) is 0 Å². The monoisotopic (exact) mass is 280 g/mol. The highest BCUT2D eigenvalue weighted by Gasteiger charge is 2.10. The van der Waals surface area contributed by atoms with Crippen LogP contribution in [-0.2, 0) is 6.54 Å². The fourth-order valence-corrected chi connectivity index (χ4v) is 1.63. The first-order valence-electron chi connectivity index (χ1n) is 4.64. The fourth-order valence-electron chi connectivity index (χ4n) is 1.20. The fraction of sp³-hybridized carbons (Fsp3) is 0.100. The molecule has 0 aliphatic rings. The van der Waals surface area contributed by atoms with Gasteiger partial charge >= 0.3 is 0 Å². The predicted octanol–water partition coefficient (Wildman–Crippen LogP) is 1.50. The summed E-state index contributed by atoms with van der Waals surface area (Å²) in [5, 5.41) is 9.29. The third kappa shape index (κ3) is 2.46. The van der Waals surface area contributed by atoms with E-state index in [-0.39, 0.29) is 5.91 Å². The molecule has 0 aliphatic heterocycles. The molecule has 0 atom stereocenters. The average molecular weight is 281 g/mol. The van der Waals surface area contributed by atoms with Gasteiger partial charge in [0.05, 0.1) is 12.2 Å². The number of hydrogen-bond acceptors (Lipinski definition) is 3. The first kappa shape index (κ1) is 10.8. The molecule has 0 aliphatic carbocycles. The minimum Gasteiger partial charge on any atom is -0.345 e. The number of nitrogens with one attached hydrogen (secondary N) is 2. The van der Waals surface area contributed by atoms with Gasteiger partial charge in [0.1, 0.15) is 5.69 Å². The molecule has 2 heterocycles. The molecule has 1 amide bonds. The van der Waals surface area contributed by atoms with Crippen LogP contribution in [0.5, 0.6) is 0 Å². The maximum absolute atomic E-state index is 11.7. The van der Waals surface area contributed by atoms with Gasteiger partial charge in [0, 0.05) is 16.9 Å². The molecule has 2 aromatic rings. The van der Waals surface area contributed by atoms with Crippen LogP contribution >= 0.6 is 15.9 Å². The van der Waals surface area contributed by atoms with Gasteiger partial charge < -0.3 is 5.32 Å². The standard InChI is InChI=1S/C10H9BrN4O/c11-8-2-1-4-12-9(8)10(16)13-6-7-3-5-14-15-7/h1-5H,6H2,(H,13,16)(H,14,15). The predicted molar refractivity (Wildman–Crippen MR) is 61.7 cm³/mol. The van der Waals surface area contributed by atoms with Crippen LogP contribution in [0, 0.1) is 0 Å². The molecule has 82 valence electrons. The number of aromatic amines is 1. The Balaban J connectivity index is 2.01. The van der Waals surface area contributed by atoms with Crippen molar-refractivity contribution in [3.63, 3.8) is 0 Å². The van der Waals surface area contributed by atoms with Crippen LogP contribution in [0.4, 0.5) is 0 Å². The molecule has 0 aromatic carbocycles. The van der Waals surface area contributed by atoms with Gasteiger partial charge in [0.25, 0.3) is 5.91 Å². The van der Waals surface area contributed by atoms with E-state index in [0.717, 1.165) is 5.69 Å². The Kier molecular flexibility index (Phi) is 3.31. The van der Waals surface area contributed by atoms with Crippen molar-refractivity contribution in [3.8, 4) is 0 Å². The van der Waals surface area contributed by atoms with Gasteiger partial charge in [-0.05, 0) is 34.1 Å². The molecular formula is C10H9BrN4O. The lowest BCUT2D eigenvalue weighted by Crippen LogP contribution is -2.24. The lowest BCUT2D eigenvalue weighted by atomic mass is 10.3. The van der Waals surface area contributed by atoms with E-state index in [9.17, 15) is 4.79 Å². The summed E-state index contributed by atoms with van der Waals surface area (Å²) in [5.74, 6) is -0.220. The number of carbonyl (C=O) groups excluding carboxylic acids is 1. The Morgan fingerprint density at radius 3 is 3.00 bits per heavy atom. The summed E-state index contributed by atoms with van der Waals surface area (Å²) >= 11 is 3.27. The van der Waals surface area contributed by atoms with Crippen molar-refractivity contribution in [2.75, 3.05) is 0 Å². The van der Waals surface area contributed by atoms with E-state index in [1.165, 1.54) is 0 Å². The first-order valence-corrected chi connectivity index (χ1v) is 5.43. The van der Waals surface area contributed by atoms with Crippen molar-refractivity contribution in [2.24, 2.45) is 0 Å². The van der Waals surface area contributed by atoms with Crippen LogP contribution in [0.3, 0.4) is 0 Å². The van der Waals surface area contributed by atoms with Crippen LogP contribution in [0.1, 0.15) is 16.2 Å². The van der Waals surface area contributed by atoms with E-state index >= 15 is 0 Å². The largest absolute Gasteiger partial charge is 0.345 e. The number of rotatable bonds is 3. The number of halogens is 1. The second-order valence-electron chi connectivity index (χ2n) is 3.10. The SMILES string of the molecule is O=C(NCc1ccn[nH]1)c1ncccc1Br. The van der Waals surface area contributed by atoms with Crippen LogP contribution in [0.2, 0.25) is 0 Å². The van der Waals surface area contributed by atoms with Crippen LogP contribution < -0.4 is 5.32 Å². The minimum atomic E-state index is -0.220. The van der Waals surface area contributed by atoms with Crippen LogP contribution in [-0.4, -0.2) is 21.1 Å². The number of aromatic nitrogens is 3. The van der Waals surface area contributed by atoms with Crippen LogP contribution in [0.15, 0.2) is 35.1 Å². The molecule has 0 saturated heterocycles. The Labute approximate surface area is 100 Å². The molecule has 0 saturated carbocycles. The smallest absolute Gasteiger partial charge is 0.271 e. The quantitative estimate of drug-likeness (QED) is 0.895. The van der Waals surface area contributed by atoms with Crippen molar-refractivity contribution in [3.05, 3.63) is 46.5 Å². The van der Waals surface area contributed by atoms with Crippen molar-refractivity contribution in [1.82, 2.24) is 20.5 Å². The molecule has 0 spiro atoms. The van der Waals surface area contributed by atoms with Gasteiger partial charge in [0.15, 0.2) is 0 Å². The van der Waals surface area contributed by atoms with E-state index in [4.69, 9.17) is 0 Å². The summed E-state index contributed by atoms with van der Waals surface area (Å²) < 4.78 is 0.678. The second-order valence-corrected chi connectivity index (χ2v) is 3.95. The van der Waals surface area contributed by atoms with Crippen molar-refractivity contribution in [2.45, 2.75) is 6.54 Å². The third-order valence-electron chi connectivity index (χ3n) is 1.97. The highest BCUT2D eigenvalue weighted by Crippen LogP contribution is 2.12. The van der Waals surface area contributed by atoms with Gasteiger partial charge in [-0.1, -0.05) is 0 Å². The maximum atomic E-state index is 11.7. The summed E-state index contributed by atoms with van der Waals surface area (Å²) in [4.78, 5) is 15.7. The Morgan fingerprint density at radius 2 is 2.31 bits per heavy atom. The molecule has 2 rings (SSSR count). The highest BCUT2D eigenvalue weighted by atomic mass is 79.9. The molecule has 6 heteroatoms. The normalized spacial score (nSPS) is 10.1. The topological polar surface area (TPSA) is 70.7 Å². The number of hydrogen-bond donors (Lipinski definition) is 2. The van der Waals surface area contributed by atoms with E-state index < -0.39 is 0 Å². The third-order valence-corrected chi connectivity index (χ3v) is 2.61. The maximum Gasteiger partial charge on any atom is 0.271 e. The Morgan fingerprint density at radius 1 is 1.44 bits per heavy atom. The molecular weight excluding hydrogens is 272 g/mol. The number of pyridine rings is 1. The van der Waals surface area contributed by atoms with E-state index in [1.54, 1.807) is 30.6 Å². The summed E-state index contributed by atoms with van der Waals surface area (Å²) in [6.07, 6.45) is 3.22. The number of carbonyl (C=O) groups is 1. The van der Waals surface area contributed by atoms with Crippen molar-refractivity contribution >= 4 is 21.8 Å². The van der Waals surface area contributed by atoms with E-state index in [1.807, 2.05) is 0 Å². The van der Waals surface area contributed by atoms with Crippen LogP contribution in [0.25, 0.3) is 0 Å². The first-order chi connectivity index (χ1) is 7.77. The molecule has 2 N–H and O–H groups in total.